The van der Waals surface area contributed by atoms with Crippen molar-refractivity contribution in [2.75, 3.05) is 22.4 Å². The van der Waals surface area contributed by atoms with Crippen LogP contribution in [0.1, 0.15) is 5.56 Å². The SMILES string of the molecule is CS(=O)(=O)N1C[C@@H](C(=O)Nc2ccc(Cl)cc2C(F)(F)F)Oc2ccccc21. The number of para-hydroxylation sites is 2. The van der Waals surface area contributed by atoms with E-state index in [9.17, 15) is 26.4 Å². The number of benzene rings is 2. The van der Waals surface area contributed by atoms with Crippen molar-refractivity contribution in [3.8, 4) is 5.75 Å². The van der Waals surface area contributed by atoms with Crippen molar-refractivity contribution in [3.63, 3.8) is 0 Å². The predicted molar refractivity (Wildman–Crippen MR) is 98.1 cm³/mol. The Balaban J connectivity index is 1.91. The van der Waals surface area contributed by atoms with Crippen LogP contribution in [0.5, 0.6) is 5.75 Å². The van der Waals surface area contributed by atoms with Gasteiger partial charge in [0.05, 0.1) is 29.7 Å². The average molecular weight is 435 g/mol. The summed E-state index contributed by atoms with van der Waals surface area (Å²) in [6.07, 6.45) is -5.13. The molecule has 1 N–H and O–H groups in total. The number of carbonyl (C=O) groups is 1. The summed E-state index contributed by atoms with van der Waals surface area (Å²) in [4.78, 5) is 12.6. The van der Waals surface area contributed by atoms with E-state index < -0.39 is 39.5 Å². The molecule has 0 bridgehead atoms. The second-order valence-corrected chi connectivity index (χ2v) is 8.39. The van der Waals surface area contributed by atoms with Crippen LogP contribution in [0.15, 0.2) is 42.5 Å². The Morgan fingerprint density at radius 3 is 2.57 bits per heavy atom. The maximum atomic E-state index is 13.2. The first kappa shape index (κ1) is 20.3. The highest BCUT2D eigenvalue weighted by molar-refractivity contribution is 7.92. The van der Waals surface area contributed by atoms with Crippen LogP contribution in [0.4, 0.5) is 24.5 Å². The number of amides is 1. The third-order valence-electron chi connectivity index (χ3n) is 3.97. The second-order valence-electron chi connectivity index (χ2n) is 6.05. The molecule has 0 aliphatic carbocycles. The molecule has 1 atom stereocenters. The van der Waals surface area contributed by atoms with Gasteiger partial charge in [-0.2, -0.15) is 13.2 Å². The Labute approximate surface area is 163 Å². The number of fused-ring (bicyclic) bond motifs is 1. The molecule has 0 saturated carbocycles. The van der Waals surface area contributed by atoms with Gasteiger partial charge < -0.3 is 10.1 Å². The molecular formula is C17H14ClF3N2O4S. The molecule has 1 amide bonds. The number of halogens is 4. The minimum Gasteiger partial charge on any atom is -0.476 e. The molecule has 6 nitrogen and oxygen atoms in total. The highest BCUT2D eigenvalue weighted by atomic mass is 35.5. The first-order valence-electron chi connectivity index (χ1n) is 7.88. The number of sulfonamides is 1. The van der Waals surface area contributed by atoms with Gasteiger partial charge in [-0.3, -0.25) is 9.10 Å². The summed E-state index contributed by atoms with van der Waals surface area (Å²) in [6.45, 7) is -0.378. The molecule has 3 rings (SSSR count). The molecular weight excluding hydrogens is 421 g/mol. The molecule has 0 radical (unpaired) electrons. The van der Waals surface area contributed by atoms with E-state index in [4.69, 9.17) is 16.3 Å². The van der Waals surface area contributed by atoms with Crippen LogP contribution in [0.25, 0.3) is 0 Å². The zero-order valence-corrected chi connectivity index (χ0v) is 15.9. The maximum absolute atomic E-state index is 13.2. The van der Waals surface area contributed by atoms with Crippen LogP contribution in [0.3, 0.4) is 0 Å². The Hall–Kier alpha value is -2.46. The lowest BCUT2D eigenvalue weighted by atomic mass is 10.1. The maximum Gasteiger partial charge on any atom is 0.418 e. The van der Waals surface area contributed by atoms with Gasteiger partial charge in [0.15, 0.2) is 6.10 Å². The fraction of sp³-hybridized carbons (Fsp3) is 0.235. The van der Waals surface area contributed by atoms with Gasteiger partial charge in [0.25, 0.3) is 5.91 Å². The van der Waals surface area contributed by atoms with E-state index in [2.05, 4.69) is 5.32 Å². The number of nitrogens with zero attached hydrogens (tertiary/aromatic N) is 1. The zero-order chi connectivity index (χ0) is 20.7. The summed E-state index contributed by atoms with van der Waals surface area (Å²) >= 11 is 5.62. The van der Waals surface area contributed by atoms with E-state index in [0.717, 1.165) is 16.6 Å². The van der Waals surface area contributed by atoms with Crippen LogP contribution in [-0.4, -0.2) is 33.2 Å². The van der Waals surface area contributed by atoms with Gasteiger partial charge in [-0.25, -0.2) is 8.42 Å². The van der Waals surface area contributed by atoms with Crippen LogP contribution >= 0.6 is 11.6 Å². The fourth-order valence-corrected chi connectivity index (χ4v) is 3.81. The zero-order valence-electron chi connectivity index (χ0n) is 14.3. The van der Waals surface area contributed by atoms with Crippen LogP contribution in [0, 0.1) is 0 Å². The van der Waals surface area contributed by atoms with E-state index in [0.29, 0.717) is 6.07 Å². The molecule has 150 valence electrons. The molecule has 1 heterocycles. The molecule has 0 unspecified atom stereocenters. The standard InChI is InChI=1S/C17H14ClF3N2O4S/c1-28(25,26)23-9-15(27-14-5-3-2-4-13(14)23)16(24)22-12-7-6-10(18)8-11(12)17(19,20)21/h2-8,15H,9H2,1H3,(H,22,24)/t15-/m0/s1. The van der Waals surface area contributed by atoms with Crippen molar-refractivity contribution in [1.29, 1.82) is 0 Å². The minimum atomic E-state index is -4.74. The second kappa shape index (κ2) is 7.17. The number of anilines is 2. The molecule has 11 heteroatoms. The summed E-state index contributed by atoms with van der Waals surface area (Å²) in [7, 11) is -3.74. The van der Waals surface area contributed by atoms with Crippen LogP contribution in [0.2, 0.25) is 5.02 Å². The predicted octanol–water partition coefficient (Wildman–Crippen LogP) is 3.52. The highest BCUT2D eigenvalue weighted by Gasteiger charge is 2.37. The Morgan fingerprint density at radius 2 is 1.93 bits per heavy atom. The molecule has 0 saturated heterocycles. The quantitative estimate of drug-likeness (QED) is 0.802. The number of ether oxygens (including phenoxy) is 1. The minimum absolute atomic E-state index is 0.131. The van der Waals surface area contributed by atoms with Crippen molar-refractivity contribution < 1.29 is 31.1 Å². The van der Waals surface area contributed by atoms with E-state index in [1.165, 1.54) is 18.2 Å². The first-order chi connectivity index (χ1) is 13.0. The van der Waals surface area contributed by atoms with Crippen molar-refractivity contribution in [2.45, 2.75) is 12.3 Å². The van der Waals surface area contributed by atoms with E-state index in [1.54, 1.807) is 12.1 Å². The molecule has 0 spiro atoms. The van der Waals surface area contributed by atoms with Crippen LogP contribution in [-0.2, 0) is 21.0 Å². The van der Waals surface area contributed by atoms with Gasteiger partial charge >= 0.3 is 6.18 Å². The summed E-state index contributed by atoms with van der Waals surface area (Å²) in [5.74, 6) is -0.789. The number of nitrogens with one attached hydrogen (secondary N) is 1. The van der Waals surface area contributed by atoms with Gasteiger partial charge in [-0.1, -0.05) is 23.7 Å². The number of hydrogen-bond acceptors (Lipinski definition) is 4. The third-order valence-corrected chi connectivity index (χ3v) is 5.35. The molecule has 0 fully saturated rings. The molecule has 28 heavy (non-hydrogen) atoms. The molecule has 2 aromatic rings. The van der Waals surface area contributed by atoms with Gasteiger partial charge in [0.2, 0.25) is 10.0 Å². The van der Waals surface area contributed by atoms with E-state index in [-0.39, 0.29) is 23.0 Å². The lowest BCUT2D eigenvalue weighted by molar-refractivity contribution is -0.137. The smallest absolute Gasteiger partial charge is 0.418 e. The van der Waals surface area contributed by atoms with Crippen LogP contribution < -0.4 is 14.4 Å². The lowest BCUT2D eigenvalue weighted by Crippen LogP contribution is -2.48. The highest BCUT2D eigenvalue weighted by Crippen LogP contribution is 2.38. The Kier molecular flexibility index (Phi) is 5.20. The lowest BCUT2D eigenvalue weighted by Gasteiger charge is -2.34. The van der Waals surface area contributed by atoms with Crippen molar-refractivity contribution in [1.82, 2.24) is 0 Å². The number of hydrogen-bond donors (Lipinski definition) is 1. The summed E-state index contributed by atoms with van der Waals surface area (Å²) in [6, 6.07) is 9.07. The van der Waals surface area contributed by atoms with Gasteiger partial charge in [0.1, 0.15) is 5.75 Å². The van der Waals surface area contributed by atoms with Crippen molar-refractivity contribution in [2.24, 2.45) is 0 Å². The topological polar surface area (TPSA) is 75.7 Å². The molecule has 1 aliphatic heterocycles. The summed E-state index contributed by atoms with van der Waals surface area (Å²) < 4.78 is 70.3. The monoisotopic (exact) mass is 434 g/mol. The van der Waals surface area contributed by atoms with Crippen molar-refractivity contribution in [3.05, 3.63) is 53.1 Å². The number of alkyl halides is 3. The number of rotatable bonds is 3. The average Bonchev–Trinajstić information content (AvgIpc) is 2.60. The third kappa shape index (κ3) is 4.17. The Bertz CT molecular complexity index is 1030. The molecule has 1 aliphatic rings. The van der Waals surface area contributed by atoms with Crippen molar-refractivity contribution >= 4 is 38.9 Å². The summed E-state index contributed by atoms with van der Waals surface area (Å²) in [5, 5.41) is 2.01. The largest absolute Gasteiger partial charge is 0.476 e. The van der Waals surface area contributed by atoms with E-state index >= 15 is 0 Å². The van der Waals surface area contributed by atoms with Gasteiger partial charge in [0, 0.05) is 5.02 Å². The van der Waals surface area contributed by atoms with Gasteiger partial charge in [-0.15, -0.1) is 0 Å². The first-order valence-corrected chi connectivity index (χ1v) is 10.1. The van der Waals surface area contributed by atoms with E-state index in [1.807, 2.05) is 0 Å². The fourth-order valence-electron chi connectivity index (χ4n) is 2.73. The summed E-state index contributed by atoms with van der Waals surface area (Å²) in [5.41, 5.74) is -1.38. The number of carbonyl (C=O) groups excluding carboxylic acids is 1. The van der Waals surface area contributed by atoms with Gasteiger partial charge in [-0.05, 0) is 30.3 Å². The Morgan fingerprint density at radius 1 is 1.25 bits per heavy atom. The molecule has 0 aromatic heterocycles. The normalized spacial score (nSPS) is 16.9. The molecule has 2 aromatic carbocycles.